The van der Waals surface area contributed by atoms with Gasteiger partial charge in [-0.1, -0.05) is 45.1 Å². The average Bonchev–Trinajstić information content (AvgIpc) is 2.30. The number of carboxylic acid groups (broad SMARTS) is 1. The lowest BCUT2D eigenvalue weighted by atomic mass is 10.1. The van der Waals surface area contributed by atoms with Crippen LogP contribution in [0.1, 0.15) is 51.9 Å². The average molecular weight is 241 g/mol. The van der Waals surface area contributed by atoms with Crippen molar-refractivity contribution in [3.05, 3.63) is 12.2 Å². The largest absolute Gasteiger partial charge is 0.480 e. The van der Waals surface area contributed by atoms with Crippen molar-refractivity contribution in [2.75, 3.05) is 6.54 Å². The lowest BCUT2D eigenvalue weighted by Crippen LogP contribution is -2.27. The normalized spacial score (nSPS) is 10.6. The molecular weight excluding hydrogens is 218 g/mol. The Morgan fingerprint density at radius 3 is 2.41 bits per heavy atom. The van der Waals surface area contributed by atoms with Crippen LogP contribution in [0.3, 0.4) is 0 Å². The van der Waals surface area contributed by atoms with Crippen LogP contribution in [0.15, 0.2) is 12.2 Å². The zero-order chi connectivity index (χ0) is 12.9. The standard InChI is InChI=1S/C13H23NO3/c1-2-3-4-5-6-7-8-9-10-12(15)14-11-13(16)17/h9-10H,2-8,11H2,1H3,(H,14,15)(H,16,17)/b10-9+. The molecule has 0 aromatic rings. The van der Waals surface area contributed by atoms with Crippen molar-refractivity contribution in [3.8, 4) is 0 Å². The SMILES string of the molecule is CCCCCCCC/C=C/C(=O)NCC(=O)O. The second-order valence-electron chi connectivity index (χ2n) is 4.07. The molecule has 0 aliphatic carbocycles. The van der Waals surface area contributed by atoms with Gasteiger partial charge < -0.3 is 10.4 Å². The third-order valence-electron chi connectivity index (χ3n) is 2.41. The molecule has 0 atom stereocenters. The predicted molar refractivity (Wildman–Crippen MR) is 67.8 cm³/mol. The fraction of sp³-hybridized carbons (Fsp3) is 0.692. The number of hydrogen-bond donors (Lipinski definition) is 2. The van der Waals surface area contributed by atoms with E-state index in [1.165, 1.54) is 38.2 Å². The maximum atomic E-state index is 11.1. The van der Waals surface area contributed by atoms with Crippen LogP contribution in [-0.4, -0.2) is 23.5 Å². The van der Waals surface area contributed by atoms with Gasteiger partial charge in [0.25, 0.3) is 0 Å². The van der Waals surface area contributed by atoms with Crippen LogP contribution in [0, 0.1) is 0 Å². The minimum absolute atomic E-state index is 0.319. The van der Waals surface area contributed by atoms with Gasteiger partial charge in [-0.15, -0.1) is 0 Å². The van der Waals surface area contributed by atoms with Crippen LogP contribution in [0.2, 0.25) is 0 Å². The molecule has 0 bridgehead atoms. The number of rotatable bonds is 10. The van der Waals surface area contributed by atoms with Crippen LogP contribution in [-0.2, 0) is 9.59 Å². The van der Waals surface area contributed by atoms with Crippen LogP contribution in [0.5, 0.6) is 0 Å². The van der Waals surface area contributed by atoms with Crippen molar-refractivity contribution in [3.63, 3.8) is 0 Å². The summed E-state index contributed by atoms with van der Waals surface area (Å²) < 4.78 is 0. The van der Waals surface area contributed by atoms with Gasteiger partial charge in [-0.05, 0) is 18.9 Å². The highest BCUT2D eigenvalue weighted by molar-refractivity contribution is 5.89. The zero-order valence-corrected chi connectivity index (χ0v) is 10.6. The molecule has 0 aliphatic rings. The molecule has 0 aromatic carbocycles. The fourth-order valence-corrected chi connectivity index (χ4v) is 1.45. The third-order valence-corrected chi connectivity index (χ3v) is 2.41. The Balaban J connectivity index is 3.34. The number of carboxylic acids is 1. The van der Waals surface area contributed by atoms with Gasteiger partial charge in [-0.25, -0.2) is 0 Å². The molecule has 0 radical (unpaired) electrons. The highest BCUT2D eigenvalue weighted by Crippen LogP contribution is 2.06. The topological polar surface area (TPSA) is 66.4 Å². The molecule has 98 valence electrons. The van der Waals surface area contributed by atoms with Crippen LogP contribution < -0.4 is 5.32 Å². The highest BCUT2D eigenvalue weighted by Gasteiger charge is 1.98. The maximum absolute atomic E-state index is 11.1. The Hall–Kier alpha value is -1.32. The van der Waals surface area contributed by atoms with E-state index in [9.17, 15) is 9.59 Å². The molecule has 0 saturated heterocycles. The van der Waals surface area contributed by atoms with Crippen molar-refractivity contribution in [1.29, 1.82) is 0 Å². The molecule has 4 nitrogen and oxygen atoms in total. The third kappa shape index (κ3) is 12.6. The Labute approximate surface area is 103 Å². The number of aliphatic carboxylic acids is 1. The van der Waals surface area contributed by atoms with Crippen molar-refractivity contribution in [2.24, 2.45) is 0 Å². The first-order chi connectivity index (χ1) is 8.16. The molecule has 0 aromatic heterocycles. The molecule has 1 amide bonds. The Bertz CT molecular complexity index is 249. The quantitative estimate of drug-likeness (QED) is 0.456. The van der Waals surface area contributed by atoms with Crippen molar-refractivity contribution in [2.45, 2.75) is 51.9 Å². The summed E-state index contributed by atoms with van der Waals surface area (Å²) in [6.07, 6.45) is 11.5. The van der Waals surface area contributed by atoms with Gasteiger partial charge in [0.05, 0.1) is 0 Å². The van der Waals surface area contributed by atoms with Gasteiger partial charge >= 0.3 is 5.97 Å². The van der Waals surface area contributed by atoms with Crippen LogP contribution >= 0.6 is 0 Å². The van der Waals surface area contributed by atoms with E-state index >= 15 is 0 Å². The zero-order valence-electron chi connectivity index (χ0n) is 10.6. The van der Waals surface area contributed by atoms with Crippen molar-refractivity contribution in [1.82, 2.24) is 5.32 Å². The molecule has 17 heavy (non-hydrogen) atoms. The number of carbonyl (C=O) groups is 2. The van der Waals surface area contributed by atoms with E-state index in [2.05, 4.69) is 12.2 Å². The molecule has 0 rings (SSSR count). The molecule has 0 heterocycles. The second kappa shape index (κ2) is 11.2. The van der Waals surface area contributed by atoms with Crippen molar-refractivity contribution >= 4 is 11.9 Å². The number of unbranched alkanes of at least 4 members (excludes halogenated alkanes) is 6. The minimum Gasteiger partial charge on any atom is -0.480 e. The van der Waals surface area contributed by atoms with E-state index in [0.29, 0.717) is 0 Å². The van der Waals surface area contributed by atoms with E-state index in [1.54, 1.807) is 6.08 Å². The van der Waals surface area contributed by atoms with E-state index in [1.807, 2.05) is 0 Å². The molecule has 0 aliphatic heterocycles. The summed E-state index contributed by atoms with van der Waals surface area (Å²) >= 11 is 0. The van der Waals surface area contributed by atoms with Gasteiger partial charge in [0.15, 0.2) is 0 Å². The molecule has 0 spiro atoms. The first-order valence-corrected chi connectivity index (χ1v) is 6.33. The number of hydrogen-bond acceptors (Lipinski definition) is 2. The lowest BCUT2D eigenvalue weighted by Gasteiger charge is -1.98. The number of carbonyl (C=O) groups excluding carboxylic acids is 1. The summed E-state index contributed by atoms with van der Waals surface area (Å²) in [5.74, 6) is -1.36. The molecule has 0 saturated carbocycles. The summed E-state index contributed by atoms with van der Waals surface area (Å²) in [4.78, 5) is 21.2. The van der Waals surface area contributed by atoms with Gasteiger partial charge in [-0.3, -0.25) is 9.59 Å². The van der Waals surface area contributed by atoms with E-state index in [4.69, 9.17) is 5.11 Å². The highest BCUT2D eigenvalue weighted by atomic mass is 16.4. The Kier molecular flexibility index (Phi) is 10.3. The molecule has 4 heteroatoms. The maximum Gasteiger partial charge on any atom is 0.322 e. The summed E-state index contributed by atoms with van der Waals surface area (Å²) in [6, 6.07) is 0. The van der Waals surface area contributed by atoms with Crippen LogP contribution in [0.4, 0.5) is 0 Å². The van der Waals surface area contributed by atoms with Gasteiger partial charge in [0.1, 0.15) is 6.54 Å². The van der Waals surface area contributed by atoms with Crippen LogP contribution in [0.25, 0.3) is 0 Å². The number of amides is 1. The second-order valence-corrected chi connectivity index (χ2v) is 4.07. The Morgan fingerprint density at radius 1 is 1.12 bits per heavy atom. The Morgan fingerprint density at radius 2 is 1.76 bits per heavy atom. The lowest BCUT2D eigenvalue weighted by molar-refractivity contribution is -0.137. The molecular formula is C13H23NO3. The van der Waals surface area contributed by atoms with Crippen molar-refractivity contribution < 1.29 is 14.7 Å². The first kappa shape index (κ1) is 15.7. The first-order valence-electron chi connectivity index (χ1n) is 6.33. The molecule has 2 N–H and O–H groups in total. The van der Waals surface area contributed by atoms with Gasteiger partial charge in [0, 0.05) is 0 Å². The summed E-state index contributed by atoms with van der Waals surface area (Å²) in [5.41, 5.74) is 0. The van der Waals surface area contributed by atoms with E-state index < -0.39 is 5.97 Å². The summed E-state index contributed by atoms with van der Waals surface area (Å²) in [5, 5.41) is 10.6. The van der Waals surface area contributed by atoms with Gasteiger partial charge in [0.2, 0.25) is 5.91 Å². The molecule has 0 unspecified atom stereocenters. The number of nitrogens with one attached hydrogen (secondary N) is 1. The summed E-state index contributed by atoms with van der Waals surface area (Å²) in [7, 11) is 0. The van der Waals surface area contributed by atoms with Gasteiger partial charge in [-0.2, -0.15) is 0 Å². The smallest absolute Gasteiger partial charge is 0.322 e. The number of allylic oxidation sites excluding steroid dienone is 1. The summed E-state index contributed by atoms with van der Waals surface area (Å²) in [6.45, 7) is 1.87. The van der Waals surface area contributed by atoms with E-state index in [0.717, 1.165) is 12.8 Å². The predicted octanol–water partition coefficient (Wildman–Crippen LogP) is 2.49. The monoisotopic (exact) mass is 241 g/mol. The van der Waals surface area contributed by atoms with E-state index in [-0.39, 0.29) is 12.5 Å². The minimum atomic E-state index is -1.03. The fourth-order valence-electron chi connectivity index (χ4n) is 1.45. The molecule has 0 fully saturated rings.